The van der Waals surface area contributed by atoms with Crippen molar-refractivity contribution in [2.24, 2.45) is 5.92 Å². The fourth-order valence-electron chi connectivity index (χ4n) is 2.30. The van der Waals surface area contributed by atoms with Crippen LogP contribution < -0.4 is 0 Å². The minimum absolute atomic E-state index is 0.0873. The Bertz CT molecular complexity index is 408. The van der Waals surface area contributed by atoms with Crippen LogP contribution in [0.25, 0.3) is 0 Å². The second kappa shape index (κ2) is 5.25. The predicted molar refractivity (Wildman–Crippen MR) is 63.1 cm³/mol. The van der Waals surface area contributed by atoms with E-state index in [0.29, 0.717) is 5.92 Å². The number of aromatic nitrogens is 1. The van der Waals surface area contributed by atoms with Crippen molar-refractivity contribution in [3.63, 3.8) is 0 Å². The molecule has 0 N–H and O–H groups in total. The summed E-state index contributed by atoms with van der Waals surface area (Å²) in [7, 11) is 0. The van der Waals surface area contributed by atoms with Gasteiger partial charge in [0.1, 0.15) is 0 Å². The van der Waals surface area contributed by atoms with Crippen LogP contribution in [0.4, 0.5) is 4.39 Å². The molecular weight excluding hydrogens is 219 g/mol. The summed E-state index contributed by atoms with van der Waals surface area (Å²) in [5.41, 5.74) is 0.0873. The summed E-state index contributed by atoms with van der Waals surface area (Å²) in [6, 6.07) is 3.10. The number of halogens is 1. The number of hydrogen-bond acceptors (Lipinski definition) is 2. The fourth-order valence-corrected chi connectivity index (χ4v) is 2.30. The van der Waals surface area contributed by atoms with Gasteiger partial charge >= 0.3 is 0 Å². The molecule has 1 aliphatic rings. The standard InChI is InChI=1S/C13H17FN2O/c1-2-10-5-4-8-16(9-10)13(17)11-6-3-7-15-12(11)14/h3,6-7,10H,2,4-5,8-9H2,1H3/t10-/m1/s1. The average molecular weight is 236 g/mol. The number of carbonyl (C=O) groups excluding carboxylic acids is 1. The number of amides is 1. The van der Waals surface area contributed by atoms with Gasteiger partial charge in [0.25, 0.3) is 5.91 Å². The highest BCUT2D eigenvalue weighted by molar-refractivity contribution is 5.94. The summed E-state index contributed by atoms with van der Waals surface area (Å²) < 4.78 is 13.4. The third-order valence-corrected chi connectivity index (χ3v) is 3.37. The van der Waals surface area contributed by atoms with E-state index in [0.717, 1.165) is 32.4 Å². The highest BCUT2D eigenvalue weighted by Gasteiger charge is 2.25. The Hall–Kier alpha value is -1.45. The molecule has 0 spiro atoms. The minimum Gasteiger partial charge on any atom is -0.338 e. The largest absolute Gasteiger partial charge is 0.338 e. The van der Waals surface area contributed by atoms with Gasteiger partial charge in [-0.1, -0.05) is 13.3 Å². The fraction of sp³-hybridized carbons (Fsp3) is 0.538. The zero-order valence-corrected chi connectivity index (χ0v) is 10.0. The van der Waals surface area contributed by atoms with E-state index in [1.54, 1.807) is 11.0 Å². The van der Waals surface area contributed by atoms with Crippen LogP contribution in [0.1, 0.15) is 36.5 Å². The third-order valence-electron chi connectivity index (χ3n) is 3.37. The second-order valence-electron chi connectivity index (χ2n) is 4.51. The molecule has 2 heterocycles. The van der Waals surface area contributed by atoms with E-state index < -0.39 is 5.95 Å². The van der Waals surface area contributed by atoms with Crippen LogP contribution in [0.15, 0.2) is 18.3 Å². The van der Waals surface area contributed by atoms with Crippen LogP contribution in [-0.4, -0.2) is 28.9 Å². The molecule has 1 aromatic rings. The first-order valence-corrected chi connectivity index (χ1v) is 6.12. The van der Waals surface area contributed by atoms with Crippen molar-refractivity contribution >= 4 is 5.91 Å². The van der Waals surface area contributed by atoms with E-state index in [9.17, 15) is 9.18 Å². The molecule has 1 saturated heterocycles. The molecule has 1 amide bonds. The Kier molecular flexibility index (Phi) is 3.71. The molecule has 0 saturated carbocycles. The first-order valence-electron chi connectivity index (χ1n) is 6.12. The third kappa shape index (κ3) is 2.62. The lowest BCUT2D eigenvalue weighted by Gasteiger charge is -2.32. The van der Waals surface area contributed by atoms with E-state index in [1.807, 2.05) is 0 Å². The quantitative estimate of drug-likeness (QED) is 0.739. The summed E-state index contributed by atoms with van der Waals surface area (Å²) in [6.07, 6.45) is 4.60. The summed E-state index contributed by atoms with van der Waals surface area (Å²) in [5, 5.41) is 0. The van der Waals surface area contributed by atoms with Gasteiger partial charge in [0, 0.05) is 19.3 Å². The number of rotatable bonds is 2. The van der Waals surface area contributed by atoms with Crippen molar-refractivity contribution in [1.29, 1.82) is 0 Å². The van der Waals surface area contributed by atoms with Gasteiger partial charge < -0.3 is 4.90 Å². The van der Waals surface area contributed by atoms with Crippen molar-refractivity contribution in [2.75, 3.05) is 13.1 Å². The van der Waals surface area contributed by atoms with Crippen molar-refractivity contribution in [2.45, 2.75) is 26.2 Å². The molecule has 0 bridgehead atoms. The van der Waals surface area contributed by atoms with Crippen LogP contribution in [0.5, 0.6) is 0 Å². The van der Waals surface area contributed by atoms with Crippen LogP contribution in [0, 0.1) is 11.9 Å². The number of likely N-dealkylation sites (tertiary alicyclic amines) is 1. The van der Waals surface area contributed by atoms with Gasteiger partial charge in [-0.15, -0.1) is 0 Å². The molecule has 0 unspecified atom stereocenters. The lowest BCUT2D eigenvalue weighted by molar-refractivity contribution is 0.0665. The molecule has 1 atom stereocenters. The maximum absolute atomic E-state index is 13.4. The Morgan fingerprint density at radius 3 is 3.18 bits per heavy atom. The van der Waals surface area contributed by atoms with Crippen LogP contribution >= 0.6 is 0 Å². The van der Waals surface area contributed by atoms with Gasteiger partial charge in [0.15, 0.2) is 0 Å². The van der Waals surface area contributed by atoms with Crippen molar-refractivity contribution in [3.05, 3.63) is 29.8 Å². The SMILES string of the molecule is CC[C@@H]1CCCN(C(=O)c2cccnc2F)C1. The van der Waals surface area contributed by atoms with Crippen LogP contribution in [-0.2, 0) is 0 Å². The number of piperidine rings is 1. The molecule has 4 heteroatoms. The van der Waals surface area contributed by atoms with Gasteiger partial charge in [-0.05, 0) is 30.9 Å². The molecule has 1 aromatic heterocycles. The number of nitrogens with zero attached hydrogens (tertiary/aromatic N) is 2. The van der Waals surface area contributed by atoms with Crippen molar-refractivity contribution < 1.29 is 9.18 Å². The van der Waals surface area contributed by atoms with E-state index in [2.05, 4.69) is 11.9 Å². The Labute approximate surface area is 101 Å². The lowest BCUT2D eigenvalue weighted by Crippen LogP contribution is -2.40. The van der Waals surface area contributed by atoms with E-state index in [4.69, 9.17) is 0 Å². The van der Waals surface area contributed by atoms with Crippen LogP contribution in [0.3, 0.4) is 0 Å². The molecular formula is C13H17FN2O. The molecule has 3 nitrogen and oxygen atoms in total. The molecule has 0 radical (unpaired) electrons. The maximum atomic E-state index is 13.4. The summed E-state index contributed by atoms with van der Waals surface area (Å²) in [5.74, 6) is -0.350. The second-order valence-corrected chi connectivity index (χ2v) is 4.51. The highest BCUT2D eigenvalue weighted by atomic mass is 19.1. The monoisotopic (exact) mass is 236 g/mol. The molecule has 0 aromatic carbocycles. The molecule has 92 valence electrons. The molecule has 0 aliphatic carbocycles. The van der Waals surface area contributed by atoms with E-state index in [1.165, 1.54) is 12.3 Å². The number of pyridine rings is 1. The number of hydrogen-bond donors (Lipinski definition) is 0. The minimum atomic E-state index is -0.670. The summed E-state index contributed by atoms with van der Waals surface area (Å²) >= 11 is 0. The smallest absolute Gasteiger partial charge is 0.258 e. The van der Waals surface area contributed by atoms with Crippen molar-refractivity contribution in [1.82, 2.24) is 9.88 Å². The van der Waals surface area contributed by atoms with Gasteiger partial charge in [0.05, 0.1) is 5.56 Å². The van der Waals surface area contributed by atoms with Gasteiger partial charge in [0.2, 0.25) is 5.95 Å². The summed E-state index contributed by atoms with van der Waals surface area (Å²) in [6.45, 7) is 3.59. The zero-order chi connectivity index (χ0) is 12.3. The van der Waals surface area contributed by atoms with Crippen LogP contribution in [0.2, 0.25) is 0 Å². The summed E-state index contributed by atoms with van der Waals surface area (Å²) in [4.78, 5) is 17.4. The Morgan fingerprint density at radius 2 is 2.47 bits per heavy atom. The van der Waals surface area contributed by atoms with Gasteiger partial charge in [-0.25, -0.2) is 4.98 Å². The number of carbonyl (C=O) groups is 1. The molecule has 17 heavy (non-hydrogen) atoms. The van der Waals surface area contributed by atoms with E-state index in [-0.39, 0.29) is 11.5 Å². The van der Waals surface area contributed by atoms with Gasteiger partial charge in [-0.2, -0.15) is 4.39 Å². The average Bonchev–Trinajstić information content (AvgIpc) is 2.38. The van der Waals surface area contributed by atoms with Crippen molar-refractivity contribution in [3.8, 4) is 0 Å². The first-order chi connectivity index (χ1) is 8.22. The Balaban J connectivity index is 2.12. The normalized spacial score (nSPS) is 20.4. The molecule has 2 rings (SSSR count). The predicted octanol–water partition coefficient (Wildman–Crippen LogP) is 2.48. The molecule has 1 fully saturated rings. The van der Waals surface area contributed by atoms with Gasteiger partial charge in [-0.3, -0.25) is 4.79 Å². The Morgan fingerprint density at radius 1 is 1.65 bits per heavy atom. The maximum Gasteiger partial charge on any atom is 0.258 e. The lowest BCUT2D eigenvalue weighted by atomic mass is 9.95. The van der Waals surface area contributed by atoms with E-state index >= 15 is 0 Å². The highest BCUT2D eigenvalue weighted by Crippen LogP contribution is 2.21. The molecule has 1 aliphatic heterocycles. The first kappa shape index (κ1) is 12.0. The topological polar surface area (TPSA) is 33.2 Å². The zero-order valence-electron chi connectivity index (χ0n) is 10.0.